The summed E-state index contributed by atoms with van der Waals surface area (Å²) in [6.07, 6.45) is -0.261. The predicted molar refractivity (Wildman–Crippen MR) is 50.5 cm³/mol. The fourth-order valence-corrected chi connectivity index (χ4v) is 1.05. The summed E-state index contributed by atoms with van der Waals surface area (Å²) < 4.78 is 0. The molecule has 0 atom stereocenters. The first-order valence-electron chi connectivity index (χ1n) is 3.64. The van der Waals surface area contributed by atoms with Gasteiger partial charge in [0.05, 0.1) is 12.0 Å². The molecule has 1 aromatic carbocycles. The Morgan fingerprint density at radius 3 is 2.21 bits per heavy atom. The number of hydrogen-bond donors (Lipinski definition) is 2. The Kier molecular flexibility index (Phi) is 5.36. The standard InChI is InChI=1S/C9H8O4.Pb/c10-8(11)5-6-3-1-2-4-7(6)9(12)13;/h1-4H,5H2,(H,10,11)(H,12,13);. The number of carbonyl (C=O) groups is 2. The molecule has 4 radical (unpaired) electrons. The Bertz CT molecular complexity index is 348. The van der Waals surface area contributed by atoms with Crippen molar-refractivity contribution >= 4 is 39.2 Å². The van der Waals surface area contributed by atoms with Crippen molar-refractivity contribution in [1.82, 2.24) is 0 Å². The van der Waals surface area contributed by atoms with Gasteiger partial charge >= 0.3 is 11.9 Å². The van der Waals surface area contributed by atoms with Crippen molar-refractivity contribution in [3.05, 3.63) is 35.4 Å². The quantitative estimate of drug-likeness (QED) is 0.747. The van der Waals surface area contributed by atoms with Crippen molar-refractivity contribution in [2.75, 3.05) is 0 Å². The van der Waals surface area contributed by atoms with Crippen LogP contribution < -0.4 is 0 Å². The van der Waals surface area contributed by atoms with E-state index in [1.807, 2.05) is 0 Å². The number of carboxylic acid groups (broad SMARTS) is 2. The van der Waals surface area contributed by atoms with Crippen LogP contribution in [0.25, 0.3) is 0 Å². The summed E-state index contributed by atoms with van der Waals surface area (Å²) in [5, 5.41) is 17.2. The topological polar surface area (TPSA) is 74.6 Å². The molecule has 0 aliphatic rings. The number of carboxylic acids is 2. The van der Waals surface area contributed by atoms with Crippen LogP contribution in [0.2, 0.25) is 0 Å². The van der Waals surface area contributed by atoms with Gasteiger partial charge in [0.25, 0.3) is 0 Å². The number of benzene rings is 1. The van der Waals surface area contributed by atoms with Crippen LogP contribution in [-0.2, 0) is 11.2 Å². The first-order chi connectivity index (χ1) is 6.11. The Balaban J connectivity index is 0.00000169. The van der Waals surface area contributed by atoms with E-state index < -0.39 is 11.9 Å². The van der Waals surface area contributed by atoms with E-state index in [4.69, 9.17) is 10.2 Å². The fourth-order valence-electron chi connectivity index (χ4n) is 1.05. The predicted octanol–water partition coefficient (Wildman–Crippen LogP) is 0.631. The molecule has 0 unspecified atom stereocenters. The van der Waals surface area contributed by atoms with E-state index in [0.29, 0.717) is 5.56 Å². The molecule has 0 bridgehead atoms. The Morgan fingerprint density at radius 2 is 1.71 bits per heavy atom. The van der Waals surface area contributed by atoms with Gasteiger partial charge in [0.2, 0.25) is 0 Å². The smallest absolute Gasteiger partial charge is 0.335 e. The Hall–Kier alpha value is -0.918. The van der Waals surface area contributed by atoms with Crippen molar-refractivity contribution in [3.8, 4) is 0 Å². The largest absolute Gasteiger partial charge is 0.481 e. The summed E-state index contributed by atoms with van der Waals surface area (Å²) in [4.78, 5) is 21.0. The molecule has 0 amide bonds. The maximum atomic E-state index is 10.6. The molecule has 0 aliphatic carbocycles. The molecule has 14 heavy (non-hydrogen) atoms. The molecule has 0 saturated carbocycles. The van der Waals surface area contributed by atoms with Crippen LogP contribution in [-0.4, -0.2) is 49.5 Å². The first kappa shape index (κ1) is 13.1. The van der Waals surface area contributed by atoms with Crippen molar-refractivity contribution < 1.29 is 19.8 Å². The van der Waals surface area contributed by atoms with Gasteiger partial charge in [-0.1, -0.05) is 18.2 Å². The van der Waals surface area contributed by atoms with Crippen LogP contribution in [0.3, 0.4) is 0 Å². The molecule has 0 saturated heterocycles. The van der Waals surface area contributed by atoms with E-state index in [-0.39, 0.29) is 39.3 Å². The third kappa shape index (κ3) is 3.45. The van der Waals surface area contributed by atoms with Gasteiger partial charge in [0.1, 0.15) is 0 Å². The van der Waals surface area contributed by atoms with E-state index in [9.17, 15) is 9.59 Å². The first-order valence-corrected chi connectivity index (χ1v) is 3.64. The summed E-state index contributed by atoms with van der Waals surface area (Å²) in [5.74, 6) is -2.13. The summed E-state index contributed by atoms with van der Waals surface area (Å²) in [7, 11) is 0. The normalized spacial score (nSPS) is 8.86. The van der Waals surface area contributed by atoms with E-state index in [0.717, 1.165) is 0 Å². The molecule has 2 N–H and O–H groups in total. The molecular weight excluding hydrogens is 379 g/mol. The van der Waals surface area contributed by atoms with Crippen LogP contribution in [0.15, 0.2) is 24.3 Å². The zero-order valence-corrected chi connectivity index (χ0v) is 11.1. The molecule has 1 aromatic rings. The van der Waals surface area contributed by atoms with Gasteiger partial charge in [0, 0.05) is 27.3 Å². The minimum Gasteiger partial charge on any atom is -0.481 e. The summed E-state index contributed by atoms with van der Waals surface area (Å²) in [6.45, 7) is 0. The van der Waals surface area contributed by atoms with E-state index in [2.05, 4.69) is 0 Å². The molecule has 5 heteroatoms. The second kappa shape index (κ2) is 5.74. The third-order valence-corrected chi connectivity index (χ3v) is 1.59. The number of hydrogen-bond acceptors (Lipinski definition) is 2. The fraction of sp³-hybridized carbons (Fsp3) is 0.111. The number of rotatable bonds is 3. The van der Waals surface area contributed by atoms with Crippen molar-refractivity contribution in [3.63, 3.8) is 0 Å². The Morgan fingerprint density at radius 1 is 1.14 bits per heavy atom. The van der Waals surface area contributed by atoms with Gasteiger partial charge in [-0.15, -0.1) is 0 Å². The van der Waals surface area contributed by atoms with Crippen LogP contribution in [0.1, 0.15) is 15.9 Å². The molecule has 4 nitrogen and oxygen atoms in total. The summed E-state index contributed by atoms with van der Waals surface area (Å²) >= 11 is 0. The van der Waals surface area contributed by atoms with E-state index in [1.165, 1.54) is 12.1 Å². The van der Waals surface area contributed by atoms with Gasteiger partial charge in [-0.25, -0.2) is 4.79 Å². The monoisotopic (exact) mass is 388 g/mol. The minimum atomic E-state index is -1.10. The van der Waals surface area contributed by atoms with Crippen LogP contribution in [0.4, 0.5) is 0 Å². The zero-order valence-electron chi connectivity index (χ0n) is 7.23. The van der Waals surface area contributed by atoms with Crippen molar-refractivity contribution in [1.29, 1.82) is 0 Å². The molecule has 0 spiro atoms. The molecule has 0 aromatic heterocycles. The summed E-state index contributed by atoms with van der Waals surface area (Å²) in [6, 6.07) is 6.07. The molecule has 1 rings (SSSR count). The Labute approximate surface area is 101 Å². The molecular formula is C9H8O4Pb. The second-order valence-corrected chi connectivity index (χ2v) is 2.53. The summed E-state index contributed by atoms with van der Waals surface area (Å²) in [5.41, 5.74) is 0.368. The van der Waals surface area contributed by atoms with Gasteiger partial charge in [0.15, 0.2) is 0 Å². The van der Waals surface area contributed by atoms with Crippen molar-refractivity contribution in [2.45, 2.75) is 6.42 Å². The zero-order chi connectivity index (χ0) is 9.84. The average Bonchev–Trinajstić information content (AvgIpc) is 2.03. The van der Waals surface area contributed by atoms with Gasteiger partial charge in [-0.2, -0.15) is 0 Å². The van der Waals surface area contributed by atoms with Gasteiger partial charge < -0.3 is 10.2 Å². The van der Waals surface area contributed by atoms with Crippen LogP contribution >= 0.6 is 0 Å². The maximum Gasteiger partial charge on any atom is 0.335 e. The molecule has 0 aliphatic heterocycles. The van der Waals surface area contributed by atoms with Crippen LogP contribution in [0, 0.1) is 0 Å². The molecule has 0 fully saturated rings. The van der Waals surface area contributed by atoms with Crippen molar-refractivity contribution in [2.24, 2.45) is 0 Å². The number of aliphatic carboxylic acids is 1. The minimum absolute atomic E-state index is 0. The molecule has 72 valence electrons. The average molecular weight is 387 g/mol. The van der Waals surface area contributed by atoms with Crippen LogP contribution in [0.5, 0.6) is 0 Å². The second-order valence-electron chi connectivity index (χ2n) is 2.53. The SMILES string of the molecule is O=C(O)Cc1ccccc1C(=O)O.[Pb]. The van der Waals surface area contributed by atoms with Gasteiger partial charge in [-0.05, 0) is 11.6 Å². The molecule has 0 heterocycles. The number of aromatic carboxylic acids is 1. The third-order valence-electron chi connectivity index (χ3n) is 1.59. The van der Waals surface area contributed by atoms with Gasteiger partial charge in [-0.3, -0.25) is 4.79 Å². The van der Waals surface area contributed by atoms with E-state index >= 15 is 0 Å². The maximum absolute atomic E-state index is 10.6. The van der Waals surface area contributed by atoms with E-state index in [1.54, 1.807) is 12.1 Å².